The normalized spacial score (nSPS) is 15.9. The van der Waals surface area contributed by atoms with E-state index < -0.39 is 0 Å². The number of hydrogen-bond acceptors (Lipinski definition) is 2. The zero-order valence-corrected chi connectivity index (χ0v) is 15.6. The number of hydrogen-bond donors (Lipinski definition) is 2. The topological polar surface area (TPSA) is 66.0 Å². The molecule has 0 aliphatic heterocycles. The van der Waals surface area contributed by atoms with E-state index in [1.807, 2.05) is 31.2 Å². The molecule has 3 N–H and O–H groups in total. The number of carbonyl (C=O) groups excluding carboxylic acids is 2. The lowest BCUT2D eigenvalue weighted by atomic mass is 9.97. The molecule has 2 amide bonds. The van der Waals surface area contributed by atoms with E-state index in [2.05, 4.69) is 10.6 Å². The van der Waals surface area contributed by atoms with Gasteiger partial charge in [-0.25, -0.2) is 0 Å². The summed E-state index contributed by atoms with van der Waals surface area (Å²) >= 11 is 0. The molecule has 0 saturated heterocycles. The largest absolute Gasteiger partial charge is 0.336 e. The quantitative estimate of drug-likeness (QED) is 0.828. The lowest BCUT2D eigenvalue weighted by Crippen LogP contribution is -2.92. The predicted molar refractivity (Wildman–Crippen MR) is 100 cm³/mol. The van der Waals surface area contributed by atoms with Crippen molar-refractivity contribution >= 4 is 17.5 Å². The molecule has 1 aliphatic rings. The van der Waals surface area contributed by atoms with Crippen molar-refractivity contribution < 1.29 is 14.9 Å². The maximum Gasteiger partial charge on any atom is 0.277 e. The number of nitrogens with zero attached hydrogens (tertiary/aromatic N) is 1. The van der Waals surface area contributed by atoms with Gasteiger partial charge in [0.15, 0.2) is 6.54 Å². The molecule has 0 unspecified atom stereocenters. The molecule has 1 fully saturated rings. The third kappa shape index (κ3) is 7.26. The van der Waals surface area contributed by atoms with Crippen LogP contribution in [0.3, 0.4) is 0 Å². The molecule has 0 heterocycles. The molecule has 138 valence electrons. The summed E-state index contributed by atoms with van der Waals surface area (Å²) < 4.78 is 0. The molecule has 2 rings (SSSR count). The minimum absolute atomic E-state index is 0.0149. The van der Waals surface area contributed by atoms with Crippen molar-refractivity contribution in [3.8, 4) is 0 Å². The highest BCUT2D eigenvalue weighted by Gasteiger charge is 2.19. The molecular weight excluding hydrogens is 314 g/mol. The summed E-state index contributed by atoms with van der Waals surface area (Å²) in [7, 11) is 1.70. The highest BCUT2D eigenvalue weighted by atomic mass is 16.2. The van der Waals surface area contributed by atoms with Crippen molar-refractivity contribution in [1.82, 2.24) is 4.90 Å². The summed E-state index contributed by atoms with van der Waals surface area (Å²) in [5.41, 5.74) is 1.91. The van der Waals surface area contributed by atoms with Crippen molar-refractivity contribution in [2.75, 3.05) is 25.5 Å². The molecule has 5 heteroatoms. The fraction of sp³-hybridized carbons (Fsp3) is 0.600. The van der Waals surface area contributed by atoms with Gasteiger partial charge in [-0.05, 0) is 44.7 Å². The average Bonchev–Trinajstić information content (AvgIpc) is 2.55. The molecule has 1 aromatic rings. The van der Waals surface area contributed by atoms with Gasteiger partial charge in [-0.3, -0.25) is 9.59 Å². The molecule has 0 aromatic heterocycles. The third-order valence-electron chi connectivity index (χ3n) is 4.92. The van der Waals surface area contributed by atoms with Crippen LogP contribution >= 0.6 is 0 Å². The second-order valence-corrected chi connectivity index (χ2v) is 7.21. The van der Waals surface area contributed by atoms with Crippen molar-refractivity contribution in [2.45, 2.75) is 57.9 Å². The van der Waals surface area contributed by atoms with Crippen LogP contribution in [0.4, 0.5) is 5.69 Å². The second-order valence-electron chi connectivity index (χ2n) is 7.21. The molecule has 5 nitrogen and oxygen atoms in total. The van der Waals surface area contributed by atoms with Crippen molar-refractivity contribution in [2.24, 2.45) is 0 Å². The number of aryl methyl sites for hydroxylation is 1. The maximum atomic E-state index is 12.3. The smallest absolute Gasteiger partial charge is 0.277 e. The molecule has 0 atom stereocenters. The summed E-state index contributed by atoms with van der Waals surface area (Å²) in [5, 5.41) is 5.00. The van der Waals surface area contributed by atoms with Crippen molar-refractivity contribution in [3.05, 3.63) is 29.8 Å². The Morgan fingerprint density at radius 1 is 1.08 bits per heavy atom. The van der Waals surface area contributed by atoms with E-state index in [-0.39, 0.29) is 18.4 Å². The van der Waals surface area contributed by atoms with E-state index in [9.17, 15) is 9.59 Å². The van der Waals surface area contributed by atoms with E-state index in [1.165, 1.54) is 49.8 Å². The van der Waals surface area contributed by atoms with Crippen LogP contribution in [0.25, 0.3) is 0 Å². The number of rotatable bonds is 6. The van der Waals surface area contributed by atoms with Gasteiger partial charge < -0.3 is 15.5 Å². The van der Waals surface area contributed by atoms with E-state index in [0.717, 1.165) is 11.3 Å². The van der Waals surface area contributed by atoms with E-state index in [4.69, 9.17) is 0 Å². The van der Waals surface area contributed by atoms with Gasteiger partial charge in [0.25, 0.3) is 5.91 Å². The molecule has 0 spiro atoms. The first-order valence-corrected chi connectivity index (χ1v) is 9.48. The maximum absolute atomic E-state index is 12.3. The highest BCUT2D eigenvalue weighted by molar-refractivity contribution is 5.94. The summed E-state index contributed by atoms with van der Waals surface area (Å²) in [6.07, 6.45) is 8.92. The lowest BCUT2D eigenvalue weighted by Gasteiger charge is -2.20. The van der Waals surface area contributed by atoms with Crippen LogP contribution in [0.1, 0.15) is 50.5 Å². The van der Waals surface area contributed by atoms with Crippen LogP contribution in [-0.4, -0.2) is 42.9 Å². The standard InChI is InChI=1S/C20H31N3O2/c1-16-10-12-18(13-11-16)22-19(24)15-23(2)20(25)14-21-17-8-6-4-3-5-7-9-17/h10-13,17,21H,3-9,14-15H2,1-2H3,(H,22,24)/p+1. The highest BCUT2D eigenvalue weighted by Crippen LogP contribution is 2.14. The Labute approximate surface area is 151 Å². The van der Waals surface area contributed by atoms with Gasteiger partial charge in [0.1, 0.15) is 0 Å². The number of amides is 2. The number of carbonyl (C=O) groups is 2. The average molecular weight is 346 g/mol. The summed E-state index contributed by atoms with van der Waals surface area (Å²) in [4.78, 5) is 25.9. The first-order chi connectivity index (χ1) is 12.0. The molecule has 0 radical (unpaired) electrons. The van der Waals surface area contributed by atoms with Crippen LogP contribution in [0.2, 0.25) is 0 Å². The predicted octanol–water partition coefficient (Wildman–Crippen LogP) is 2.07. The van der Waals surface area contributed by atoms with Gasteiger partial charge in [0.2, 0.25) is 5.91 Å². The second kappa shape index (κ2) is 10.2. The van der Waals surface area contributed by atoms with E-state index >= 15 is 0 Å². The van der Waals surface area contributed by atoms with Gasteiger partial charge in [-0.1, -0.05) is 37.0 Å². The van der Waals surface area contributed by atoms with Crippen LogP contribution in [-0.2, 0) is 9.59 Å². The molecule has 1 saturated carbocycles. The Kier molecular flexibility index (Phi) is 7.92. The van der Waals surface area contributed by atoms with Gasteiger partial charge in [-0.15, -0.1) is 0 Å². The Hall–Kier alpha value is -1.88. The fourth-order valence-electron chi connectivity index (χ4n) is 3.29. The number of likely N-dealkylation sites (N-methyl/N-ethyl adjacent to an activating group) is 1. The van der Waals surface area contributed by atoms with Crippen LogP contribution in [0.15, 0.2) is 24.3 Å². The number of nitrogens with two attached hydrogens (primary N) is 1. The molecule has 0 bridgehead atoms. The SMILES string of the molecule is Cc1ccc(NC(=O)CN(C)C(=O)C[NH2+]C2CCCCCCC2)cc1. The zero-order chi connectivity index (χ0) is 18.1. The van der Waals surface area contributed by atoms with E-state index in [1.54, 1.807) is 7.05 Å². The Morgan fingerprint density at radius 2 is 1.68 bits per heavy atom. The minimum atomic E-state index is -0.161. The summed E-state index contributed by atoms with van der Waals surface area (Å²) in [6, 6.07) is 8.21. The first-order valence-electron chi connectivity index (χ1n) is 9.48. The summed E-state index contributed by atoms with van der Waals surface area (Å²) in [6.45, 7) is 2.52. The third-order valence-corrected chi connectivity index (χ3v) is 4.92. The first kappa shape index (κ1) is 19.4. The molecule has 1 aromatic carbocycles. The van der Waals surface area contributed by atoms with Gasteiger partial charge in [0, 0.05) is 12.7 Å². The molecular formula is C20H32N3O2+. The monoisotopic (exact) mass is 346 g/mol. The lowest BCUT2D eigenvalue weighted by molar-refractivity contribution is -0.681. The Balaban J connectivity index is 1.71. The number of nitrogens with one attached hydrogen (secondary N) is 1. The van der Waals surface area contributed by atoms with Gasteiger partial charge >= 0.3 is 0 Å². The van der Waals surface area contributed by atoms with Crippen molar-refractivity contribution in [1.29, 1.82) is 0 Å². The van der Waals surface area contributed by atoms with Gasteiger partial charge in [0.05, 0.1) is 12.6 Å². The Bertz CT molecular complexity index is 549. The minimum Gasteiger partial charge on any atom is -0.336 e. The zero-order valence-electron chi connectivity index (χ0n) is 15.6. The fourth-order valence-corrected chi connectivity index (χ4v) is 3.29. The van der Waals surface area contributed by atoms with Crippen LogP contribution < -0.4 is 10.6 Å². The van der Waals surface area contributed by atoms with Gasteiger partial charge in [-0.2, -0.15) is 0 Å². The molecule has 1 aliphatic carbocycles. The number of benzene rings is 1. The van der Waals surface area contributed by atoms with Crippen LogP contribution in [0, 0.1) is 6.92 Å². The number of anilines is 1. The van der Waals surface area contributed by atoms with Crippen LogP contribution in [0.5, 0.6) is 0 Å². The molecule has 25 heavy (non-hydrogen) atoms. The van der Waals surface area contributed by atoms with E-state index in [0.29, 0.717) is 12.6 Å². The summed E-state index contributed by atoms with van der Waals surface area (Å²) in [5.74, 6) is -0.147. The number of quaternary nitrogens is 1. The van der Waals surface area contributed by atoms with Crippen molar-refractivity contribution in [3.63, 3.8) is 0 Å². The Morgan fingerprint density at radius 3 is 2.32 bits per heavy atom.